The molecular formula is C13H17FN2O2. The number of nitrogens with zero attached hydrogens (tertiary/aromatic N) is 1. The van der Waals surface area contributed by atoms with Crippen LogP contribution in [0, 0.1) is 5.82 Å². The maximum Gasteiger partial charge on any atom is 0.260 e. The van der Waals surface area contributed by atoms with Crippen molar-refractivity contribution in [1.82, 2.24) is 4.90 Å². The van der Waals surface area contributed by atoms with Gasteiger partial charge in [-0.25, -0.2) is 4.39 Å². The summed E-state index contributed by atoms with van der Waals surface area (Å²) in [6.07, 6.45) is 2.08. The van der Waals surface area contributed by atoms with Gasteiger partial charge in [0.2, 0.25) is 0 Å². The van der Waals surface area contributed by atoms with Gasteiger partial charge < -0.3 is 15.4 Å². The van der Waals surface area contributed by atoms with E-state index >= 15 is 0 Å². The Morgan fingerprint density at radius 3 is 2.78 bits per heavy atom. The number of amides is 1. The van der Waals surface area contributed by atoms with Crippen LogP contribution < -0.4 is 10.5 Å². The highest BCUT2D eigenvalue weighted by molar-refractivity contribution is 5.78. The normalized spacial score (nSPS) is 14.9. The molecule has 0 unspecified atom stereocenters. The van der Waals surface area contributed by atoms with Gasteiger partial charge >= 0.3 is 0 Å². The Hall–Kier alpha value is -1.62. The second-order valence-electron chi connectivity index (χ2n) is 4.30. The minimum absolute atomic E-state index is 0.0555. The van der Waals surface area contributed by atoms with Crippen LogP contribution in [0.5, 0.6) is 5.75 Å². The first-order valence-electron chi connectivity index (χ1n) is 6.10. The average molecular weight is 252 g/mol. The van der Waals surface area contributed by atoms with Crippen LogP contribution in [0.3, 0.4) is 0 Å². The maximum atomic E-state index is 13.4. The molecule has 0 spiro atoms. The van der Waals surface area contributed by atoms with Crippen LogP contribution in [0.2, 0.25) is 0 Å². The Morgan fingerprint density at radius 2 is 2.11 bits per heavy atom. The largest absolute Gasteiger partial charge is 0.483 e. The van der Waals surface area contributed by atoms with Gasteiger partial charge in [-0.1, -0.05) is 6.07 Å². The lowest BCUT2D eigenvalue weighted by atomic mass is 10.2. The van der Waals surface area contributed by atoms with Gasteiger partial charge in [-0.05, 0) is 25.0 Å². The quantitative estimate of drug-likeness (QED) is 0.878. The van der Waals surface area contributed by atoms with E-state index in [-0.39, 0.29) is 19.1 Å². The first-order valence-corrected chi connectivity index (χ1v) is 6.10. The number of carbonyl (C=O) groups is 1. The van der Waals surface area contributed by atoms with Crippen molar-refractivity contribution >= 4 is 5.91 Å². The number of rotatable bonds is 4. The molecule has 1 aromatic carbocycles. The van der Waals surface area contributed by atoms with E-state index in [0.29, 0.717) is 11.3 Å². The van der Waals surface area contributed by atoms with Crippen molar-refractivity contribution in [3.63, 3.8) is 0 Å². The van der Waals surface area contributed by atoms with Crippen molar-refractivity contribution in [1.29, 1.82) is 0 Å². The third-order valence-corrected chi connectivity index (χ3v) is 3.09. The van der Waals surface area contributed by atoms with Gasteiger partial charge in [-0.2, -0.15) is 0 Å². The summed E-state index contributed by atoms with van der Waals surface area (Å²) in [4.78, 5) is 13.5. The summed E-state index contributed by atoms with van der Waals surface area (Å²) in [5.41, 5.74) is 5.78. The Kier molecular flexibility index (Phi) is 4.15. The van der Waals surface area contributed by atoms with Gasteiger partial charge in [0.1, 0.15) is 11.6 Å². The van der Waals surface area contributed by atoms with E-state index in [1.165, 1.54) is 6.07 Å². The van der Waals surface area contributed by atoms with E-state index in [2.05, 4.69) is 0 Å². The van der Waals surface area contributed by atoms with Crippen LogP contribution >= 0.6 is 0 Å². The molecule has 0 radical (unpaired) electrons. The topological polar surface area (TPSA) is 55.6 Å². The fraction of sp³-hybridized carbons (Fsp3) is 0.462. The van der Waals surface area contributed by atoms with E-state index in [1.54, 1.807) is 17.0 Å². The van der Waals surface area contributed by atoms with Gasteiger partial charge in [0.25, 0.3) is 5.91 Å². The predicted octanol–water partition coefficient (Wildman–Crippen LogP) is 1.29. The first-order chi connectivity index (χ1) is 8.72. The zero-order chi connectivity index (χ0) is 13.0. The highest BCUT2D eigenvalue weighted by Crippen LogP contribution is 2.21. The number of hydrogen-bond acceptors (Lipinski definition) is 3. The fourth-order valence-corrected chi connectivity index (χ4v) is 2.07. The van der Waals surface area contributed by atoms with Gasteiger partial charge in [0, 0.05) is 25.2 Å². The molecule has 0 bridgehead atoms. The van der Waals surface area contributed by atoms with E-state index in [4.69, 9.17) is 10.5 Å². The molecule has 1 amide bonds. The van der Waals surface area contributed by atoms with Crippen molar-refractivity contribution < 1.29 is 13.9 Å². The summed E-state index contributed by atoms with van der Waals surface area (Å²) in [6, 6.07) is 4.50. The molecule has 1 saturated heterocycles. The van der Waals surface area contributed by atoms with E-state index in [9.17, 15) is 9.18 Å². The smallest absolute Gasteiger partial charge is 0.260 e. The van der Waals surface area contributed by atoms with E-state index in [0.717, 1.165) is 25.9 Å². The second kappa shape index (κ2) is 5.82. The molecule has 0 aromatic heterocycles. The standard InChI is InChI=1S/C13H17FN2O2/c14-11-4-3-5-12(10(11)8-15)18-9-13(17)16-6-1-2-7-16/h3-5H,1-2,6-9,15H2. The third-order valence-electron chi connectivity index (χ3n) is 3.09. The molecule has 1 heterocycles. The zero-order valence-corrected chi connectivity index (χ0v) is 10.2. The van der Waals surface area contributed by atoms with Crippen molar-refractivity contribution in [3.8, 4) is 5.75 Å². The fourth-order valence-electron chi connectivity index (χ4n) is 2.07. The second-order valence-corrected chi connectivity index (χ2v) is 4.30. The molecule has 2 rings (SSSR count). The Bertz CT molecular complexity index is 431. The number of nitrogens with two attached hydrogens (primary N) is 1. The average Bonchev–Trinajstić information content (AvgIpc) is 2.90. The zero-order valence-electron chi connectivity index (χ0n) is 10.2. The molecule has 1 aliphatic rings. The van der Waals surface area contributed by atoms with E-state index < -0.39 is 5.82 Å². The molecule has 5 heteroatoms. The van der Waals surface area contributed by atoms with Crippen molar-refractivity contribution in [2.45, 2.75) is 19.4 Å². The Labute approximate surface area is 106 Å². The summed E-state index contributed by atoms with van der Waals surface area (Å²) >= 11 is 0. The van der Waals surface area contributed by atoms with Crippen molar-refractivity contribution in [2.75, 3.05) is 19.7 Å². The lowest BCUT2D eigenvalue weighted by Crippen LogP contribution is -2.32. The molecule has 1 aromatic rings. The lowest BCUT2D eigenvalue weighted by Gasteiger charge is -2.16. The van der Waals surface area contributed by atoms with Crippen LogP contribution in [0.15, 0.2) is 18.2 Å². The monoisotopic (exact) mass is 252 g/mol. The number of likely N-dealkylation sites (tertiary alicyclic amines) is 1. The van der Waals surface area contributed by atoms with Crippen LogP contribution in [-0.2, 0) is 11.3 Å². The minimum Gasteiger partial charge on any atom is -0.483 e. The highest BCUT2D eigenvalue weighted by atomic mass is 19.1. The number of hydrogen-bond donors (Lipinski definition) is 1. The first kappa shape index (κ1) is 12.8. The number of benzene rings is 1. The SMILES string of the molecule is NCc1c(F)cccc1OCC(=O)N1CCCC1. The molecule has 1 aliphatic heterocycles. The van der Waals surface area contributed by atoms with Crippen LogP contribution in [-0.4, -0.2) is 30.5 Å². The molecule has 18 heavy (non-hydrogen) atoms. The van der Waals surface area contributed by atoms with Crippen molar-refractivity contribution in [2.24, 2.45) is 5.73 Å². The highest BCUT2D eigenvalue weighted by Gasteiger charge is 2.18. The predicted molar refractivity (Wildman–Crippen MR) is 65.6 cm³/mol. The van der Waals surface area contributed by atoms with Crippen molar-refractivity contribution in [3.05, 3.63) is 29.6 Å². The number of ether oxygens (including phenoxy) is 1. The summed E-state index contributed by atoms with van der Waals surface area (Å²) in [5, 5.41) is 0. The maximum absolute atomic E-state index is 13.4. The lowest BCUT2D eigenvalue weighted by molar-refractivity contribution is -0.132. The molecule has 2 N–H and O–H groups in total. The van der Waals surface area contributed by atoms with Gasteiger partial charge in [0.05, 0.1) is 0 Å². The van der Waals surface area contributed by atoms with Gasteiger partial charge in [-0.3, -0.25) is 4.79 Å². The molecule has 0 aliphatic carbocycles. The molecule has 4 nitrogen and oxygen atoms in total. The number of carbonyl (C=O) groups excluding carboxylic acids is 1. The summed E-state index contributed by atoms with van der Waals surface area (Å²) in [7, 11) is 0. The molecule has 1 fully saturated rings. The minimum atomic E-state index is -0.399. The third kappa shape index (κ3) is 2.79. The van der Waals surface area contributed by atoms with Crippen LogP contribution in [0.4, 0.5) is 4.39 Å². The van der Waals surface area contributed by atoms with Gasteiger partial charge in [-0.15, -0.1) is 0 Å². The molecule has 0 saturated carbocycles. The molecule has 0 atom stereocenters. The van der Waals surface area contributed by atoms with Crippen LogP contribution in [0.25, 0.3) is 0 Å². The Morgan fingerprint density at radius 1 is 1.39 bits per heavy atom. The Balaban J connectivity index is 1.97. The molecular weight excluding hydrogens is 235 g/mol. The number of halogens is 1. The summed E-state index contributed by atoms with van der Waals surface area (Å²) in [5.74, 6) is -0.103. The molecule has 98 valence electrons. The summed E-state index contributed by atoms with van der Waals surface area (Å²) < 4.78 is 18.8. The van der Waals surface area contributed by atoms with E-state index in [1.807, 2.05) is 0 Å². The van der Waals surface area contributed by atoms with Crippen LogP contribution in [0.1, 0.15) is 18.4 Å². The summed E-state index contributed by atoms with van der Waals surface area (Å²) in [6.45, 7) is 1.57. The van der Waals surface area contributed by atoms with Gasteiger partial charge in [0.15, 0.2) is 6.61 Å².